The highest BCUT2D eigenvalue weighted by Gasteiger charge is 2.39. The lowest BCUT2D eigenvalue weighted by Crippen LogP contribution is -2.43. The van der Waals surface area contributed by atoms with E-state index in [2.05, 4.69) is 31.3 Å². The third-order valence-electron chi connectivity index (χ3n) is 3.27. The van der Waals surface area contributed by atoms with Gasteiger partial charge in [-0.15, -0.1) is 0 Å². The number of nitrogens with one attached hydrogen (secondary N) is 1. The number of methoxy groups -OCH3 is 1. The van der Waals surface area contributed by atoms with Crippen molar-refractivity contribution in [2.45, 2.75) is 38.3 Å². The Hall–Kier alpha value is -1.53. The minimum absolute atomic E-state index is 0.284. The molecule has 0 heterocycles. The third kappa shape index (κ3) is 2.01. The molecule has 2 rings (SSSR count). The van der Waals surface area contributed by atoms with Gasteiger partial charge in [0.25, 0.3) is 0 Å². The fourth-order valence-electron chi connectivity index (χ4n) is 2.55. The Morgan fingerprint density at radius 3 is 2.82 bits per heavy atom. The van der Waals surface area contributed by atoms with Gasteiger partial charge in [-0.3, -0.25) is 5.32 Å². The topological polar surface area (TPSA) is 45.0 Å². The molecule has 90 valence electrons. The van der Waals surface area contributed by atoms with Gasteiger partial charge < -0.3 is 4.74 Å². The van der Waals surface area contributed by atoms with E-state index in [0.717, 1.165) is 24.2 Å². The summed E-state index contributed by atoms with van der Waals surface area (Å²) < 4.78 is 5.25. The van der Waals surface area contributed by atoms with Crippen LogP contribution in [0, 0.1) is 11.3 Å². The summed E-state index contributed by atoms with van der Waals surface area (Å²) in [6.07, 6.45) is 1.79. The fourth-order valence-corrected chi connectivity index (χ4v) is 2.55. The first-order valence-corrected chi connectivity index (χ1v) is 5.97. The predicted molar refractivity (Wildman–Crippen MR) is 66.9 cm³/mol. The van der Waals surface area contributed by atoms with Crippen LogP contribution in [0.25, 0.3) is 0 Å². The van der Waals surface area contributed by atoms with Crippen LogP contribution in [0.15, 0.2) is 18.2 Å². The van der Waals surface area contributed by atoms with E-state index in [9.17, 15) is 5.26 Å². The Kier molecular flexibility index (Phi) is 3.08. The molecule has 1 aromatic rings. The first-order chi connectivity index (χ1) is 8.11. The van der Waals surface area contributed by atoms with Crippen LogP contribution < -0.4 is 10.1 Å². The largest absolute Gasteiger partial charge is 0.497 e. The van der Waals surface area contributed by atoms with Crippen LogP contribution in [-0.2, 0) is 12.0 Å². The van der Waals surface area contributed by atoms with Crippen LogP contribution in [0.4, 0.5) is 0 Å². The van der Waals surface area contributed by atoms with Crippen molar-refractivity contribution in [3.8, 4) is 11.8 Å². The minimum Gasteiger partial charge on any atom is -0.497 e. The first-order valence-electron chi connectivity index (χ1n) is 5.97. The third-order valence-corrected chi connectivity index (χ3v) is 3.27. The second kappa shape index (κ2) is 4.38. The van der Waals surface area contributed by atoms with Gasteiger partial charge in [0.2, 0.25) is 0 Å². The molecule has 0 saturated carbocycles. The maximum atomic E-state index is 9.52. The van der Waals surface area contributed by atoms with Gasteiger partial charge in [-0.25, -0.2) is 0 Å². The Balaban J connectivity index is 2.46. The maximum Gasteiger partial charge on any atom is 0.133 e. The molecule has 0 aliphatic heterocycles. The number of nitriles is 1. The summed E-state index contributed by atoms with van der Waals surface area (Å²) >= 11 is 0. The molecule has 0 saturated heterocycles. The van der Waals surface area contributed by atoms with Crippen molar-refractivity contribution in [1.29, 1.82) is 5.26 Å². The van der Waals surface area contributed by atoms with Crippen molar-refractivity contribution >= 4 is 0 Å². The molecule has 1 unspecified atom stereocenters. The smallest absolute Gasteiger partial charge is 0.133 e. The summed E-state index contributed by atoms with van der Waals surface area (Å²) in [7, 11) is 1.65. The second-order valence-electron chi connectivity index (χ2n) is 4.84. The van der Waals surface area contributed by atoms with Gasteiger partial charge in [0.15, 0.2) is 0 Å². The summed E-state index contributed by atoms with van der Waals surface area (Å²) in [6, 6.07) is 8.75. The maximum absolute atomic E-state index is 9.52. The second-order valence-corrected chi connectivity index (χ2v) is 4.84. The van der Waals surface area contributed by atoms with Gasteiger partial charge in [-0.05, 0) is 49.9 Å². The number of nitrogens with zero attached hydrogens (tertiary/aromatic N) is 1. The standard InChI is InChI=1S/C14H18N2O/c1-10(2)16-14(9-15)7-6-11-4-5-12(17-3)8-13(11)14/h4-5,8,10,16H,6-7H2,1-3H3. The highest BCUT2D eigenvalue weighted by Crippen LogP contribution is 2.38. The van der Waals surface area contributed by atoms with Crippen LogP contribution in [0.2, 0.25) is 0 Å². The quantitative estimate of drug-likeness (QED) is 0.867. The van der Waals surface area contributed by atoms with Crippen molar-refractivity contribution in [3.63, 3.8) is 0 Å². The molecular formula is C14H18N2O. The molecule has 3 heteroatoms. The Bertz CT molecular complexity index is 462. The monoisotopic (exact) mass is 230 g/mol. The van der Waals surface area contributed by atoms with Crippen LogP contribution >= 0.6 is 0 Å². The van der Waals surface area contributed by atoms with Gasteiger partial charge in [-0.1, -0.05) is 6.07 Å². The number of ether oxygens (including phenoxy) is 1. The summed E-state index contributed by atoms with van der Waals surface area (Å²) in [5, 5.41) is 12.9. The highest BCUT2D eigenvalue weighted by molar-refractivity contribution is 5.47. The zero-order valence-electron chi connectivity index (χ0n) is 10.6. The number of benzene rings is 1. The molecule has 0 amide bonds. The molecule has 1 aromatic carbocycles. The van der Waals surface area contributed by atoms with Crippen LogP contribution in [0.3, 0.4) is 0 Å². The number of hydrogen-bond acceptors (Lipinski definition) is 3. The minimum atomic E-state index is -0.544. The molecular weight excluding hydrogens is 212 g/mol. The van der Waals surface area contributed by atoms with Crippen molar-refractivity contribution in [2.24, 2.45) is 0 Å². The lowest BCUT2D eigenvalue weighted by Gasteiger charge is -2.26. The number of hydrogen-bond donors (Lipinski definition) is 1. The Morgan fingerprint density at radius 2 is 2.24 bits per heavy atom. The summed E-state index contributed by atoms with van der Waals surface area (Å²) in [4.78, 5) is 0. The van der Waals surface area contributed by atoms with Gasteiger partial charge >= 0.3 is 0 Å². The average Bonchev–Trinajstić information content (AvgIpc) is 2.67. The molecule has 0 aromatic heterocycles. The predicted octanol–water partition coefficient (Wildman–Crippen LogP) is 2.36. The number of fused-ring (bicyclic) bond motifs is 1. The molecule has 1 N–H and O–H groups in total. The van der Waals surface area contributed by atoms with Gasteiger partial charge in [0, 0.05) is 6.04 Å². The van der Waals surface area contributed by atoms with Crippen molar-refractivity contribution < 1.29 is 4.74 Å². The molecule has 1 aliphatic rings. The van der Waals surface area contributed by atoms with Gasteiger partial charge in [-0.2, -0.15) is 5.26 Å². The van der Waals surface area contributed by atoms with E-state index < -0.39 is 5.54 Å². The summed E-state index contributed by atoms with van der Waals surface area (Å²) in [5.74, 6) is 0.816. The van der Waals surface area contributed by atoms with E-state index in [1.807, 2.05) is 12.1 Å². The lowest BCUT2D eigenvalue weighted by molar-refractivity contribution is 0.381. The summed E-state index contributed by atoms with van der Waals surface area (Å²) in [5.41, 5.74) is 1.78. The van der Waals surface area contributed by atoms with Crippen molar-refractivity contribution in [2.75, 3.05) is 7.11 Å². The van der Waals surface area contributed by atoms with Crippen molar-refractivity contribution in [1.82, 2.24) is 5.32 Å². The van der Waals surface area contributed by atoms with Gasteiger partial charge in [0.1, 0.15) is 11.3 Å². The SMILES string of the molecule is COc1ccc2c(c1)C(C#N)(NC(C)C)CC2. The van der Waals surface area contributed by atoms with Crippen LogP contribution in [-0.4, -0.2) is 13.2 Å². The van der Waals surface area contributed by atoms with E-state index >= 15 is 0 Å². The molecule has 0 spiro atoms. The average molecular weight is 230 g/mol. The van der Waals surface area contributed by atoms with E-state index in [1.165, 1.54) is 5.56 Å². The fraction of sp³-hybridized carbons (Fsp3) is 0.500. The highest BCUT2D eigenvalue weighted by atomic mass is 16.5. The number of rotatable bonds is 3. The molecule has 0 bridgehead atoms. The Labute approximate surface area is 102 Å². The normalized spacial score (nSPS) is 22.3. The zero-order valence-corrected chi connectivity index (χ0v) is 10.6. The van der Waals surface area contributed by atoms with E-state index in [1.54, 1.807) is 7.11 Å². The van der Waals surface area contributed by atoms with Crippen LogP contribution in [0.1, 0.15) is 31.4 Å². The van der Waals surface area contributed by atoms with E-state index in [4.69, 9.17) is 4.74 Å². The number of aryl methyl sites for hydroxylation is 1. The molecule has 1 atom stereocenters. The zero-order chi connectivity index (χ0) is 12.5. The van der Waals surface area contributed by atoms with E-state index in [-0.39, 0.29) is 6.04 Å². The lowest BCUT2D eigenvalue weighted by atomic mass is 9.92. The van der Waals surface area contributed by atoms with E-state index in [0.29, 0.717) is 0 Å². The summed E-state index contributed by atoms with van der Waals surface area (Å²) in [6.45, 7) is 4.13. The molecule has 17 heavy (non-hydrogen) atoms. The van der Waals surface area contributed by atoms with Gasteiger partial charge in [0.05, 0.1) is 13.2 Å². The van der Waals surface area contributed by atoms with Crippen molar-refractivity contribution in [3.05, 3.63) is 29.3 Å². The molecule has 1 aliphatic carbocycles. The van der Waals surface area contributed by atoms with Crippen LogP contribution in [0.5, 0.6) is 5.75 Å². The first kappa shape index (κ1) is 11.9. The molecule has 0 radical (unpaired) electrons. The Morgan fingerprint density at radius 1 is 1.47 bits per heavy atom. The molecule has 0 fully saturated rings. The molecule has 3 nitrogen and oxygen atoms in total.